The van der Waals surface area contributed by atoms with Gasteiger partial charge in [0.05, 0.1) is 11.9 Å². The number of primary amides is 1. The minimum Gasteiger partial charge on any atom is -0.448 e. The van der Waals surface area contributed by atoms with E-state index in [4.69, 9.17) is 16.2 Å². The minimum absolute atomic E-state index is 0.0808. The maximum absolute atomic E-state index is 11.3. The van der Waals surface area contributed by atoms with Crippen LogP contribution in [0.4, 0.5) is 5.69 Å². The van der Waals surface area contributed by atoms with Crippen molar-refractivity contribution < 1.29 is 14.3 Å². The van der Waals surface area contributed by atoms with E-state index >= 15 is 0 Å². The number of nitrogens with zero attached hydrogens (tertiary/aromatic N) is 1. The van der Waals surface area contributed by atoms with Crippen LogP contribution in [0.25, 0.3) is 0 Å². The highest BCUT2D eigenvalue weighted by atomic mass is 16.5. The molecule has 0 saturated heterocycles. The molecule has 1 rings (SSSR count). The molecule has 1 amide bonds. The second kappa shape index (κ2) is 4.41. The predicted octanol–water partition coefficient (Wildman–Crippen LogP) is -0.306. The maximum atomic E-state index is 11.3. The Balaban J connectivity index is 2.69. The van der Waals surface area contributed by atoms with Gasteiger partial charge in [-0.2, -0.15) is 0 Å². The van der Waals surface area contributed by atoms with E-state index in [0.29, 0.717) is 5.69 Å². The smallest absolute Gasteiger partial charge is 0.357 e. The Morgan fingerprint density at radius 3 is 2.60 bits per heavy atom. The van der Waals surface area contributed by atoms with Gasteiger partial charge in [-0.1, -0.05) is 0 Å². The first-order valence-corrected chi connectivity index (χ1v) is 4.22. The molecule has 0 bridgehead atoms. The van der Waals surface area contributed by atoms with Gasteiger partial charge in [0.2, 0.25) is 0 Å². The normalized spacial score (nSPS) is 11.8. The third kappa shape index (κ3) is 2.94. The molecular formula is C9H11N3O3. The van der Waals surface area contributed by atoms with Gasteiger partial charge in [-0.15, -0.1) is 0 Å². The summed E-state index contributed by atoms with van der Waals surface area (Å²) in [4.78, 5) is 25.7. The molecule has 1 unspecified atom stereocenters. The Kier molecular flexibility index (Phi) is 3.22. The van der Waals surface area contributed by atoms with E-state index < -0.39 is 18.0 Å². The Morgan fingerprint density at radius 2 is 2.13 bits per heavy atom. The fourth-order valence-corrected chi connectivity index (χ4v) is 0.805. The van der Waals surface area contributed by atoms with E-state index in [0.717, 1.165) is 0 Å². The number of esters is 1. The number of anilines is 1. The first-order valence-electron chi connectivity index (χ1n) is 4.22. The SMILES string of the molecule is CC(OC(=O)c1ccc(N)cn1)C(N)=O. The molecule has 4 N–H and O–H groups in total. The maximum Gasteiger partial charge on any atom is 0.357 e. The van der Waals surface area contributed by atoms with Gasteiger partial charge < -0.3 is 16.2 Å². The van der Waals surface area contributed by atoms with Crippen LogP contribution in [-0.2, 0) is 9.53 Å². The number of aromatic nitrogens is 1. The molecule has 0 fully saturated rings. The fourth-order valence-electron chi connectivity index (χ4n) is 0.805. The van der Waals surface area contributed by atoms with Gasteiger partial charge in [-0.3, -0.25) is 4.79 Å². The number of pyridine rings is 1. The van der Waals surface area contributed by atoms with E-state index in [-0.39, 0.29) is 5.69 Å². The topological polar surface area (TPSA) is 108 Å². The molecule has 6 nitrogen and oxygen atoms in total. The van der Waals surface area contributed by atoms with Crippen LogP contribution in [0.3, 0.4) is 0 Å². The Labute approximate surface area is 86.2 Å². The molecule has 1 atom stereocenters. The lowest BCUT2D eigenvalue weighted by Gasteiger charge is -2.08. The summed E-state index contributed by atoms with van der Waals surface area (Å²) >= 11 is 0. The average Bonchev–Trinajstić information content (AvgIpc) is 2.18. The number of amides is 1. The van der Waals surface area contributed by atoms with E-state index in [1.165, 1.54) is 25.3 Å². The van der Waals surface area contributed by atoms with Crippen LogP contribution in [0, 0.1) is 0 Å². The molecule has 0 aliphatic carbocycles. The number of ether oxygens (including phenoxy) is 1. The lowest BCUT2D eigenvalue weighted by molar-refractivity contribution is -0.125. The van der Waals surface area contributed by atoms with Gasteiger partial charge in [0.15, 0.2) is 6.10 Å². The molecule has 1 aromatic rings. The van der Waals surface area contributed by atoms with E-state index in [1.807, 2.05) is 0 Å². The molecule has 15 heavy (non-hydrogen) atoms. The zero-order valence-corrected chi connectivity index (χ0v) is 8.14. The molecule has 0 aliphatic rings. The van der Waals surface area contributed by atoms with E-state index in [9.17, 15) is 9.59 Å². The summed E-state index contributed by atoms with van der Waals surface area (Å²) < 4.78 is 4.72. The Bertz CT molecular complexity index is 375. The number of carbonyl (C=O) groups excluding carboxylic acids is 2. The lowest BCUT2D eigenvalue weighted by Crippen LogP contribution is -2.30. The number of rotatable bonds is 3. The van der Waals surface area contributed by atoms with Gasteiger partial charge >= 0.3 is 5.97 Å². The van der Waals surface area contributed by atoms with E-state index in [2.05, 4.69) is 4.98 Å². The summed E-state index contributed by atoms with van der Waals surface area (Å²) in [6.07, 6.45) is 0.350. The second-order valence-corrected chi connectivity index (χ2v) is 2.93. The summed E-state index contributed by atoms with van der Waals surface area (Å²) in [6, 6.07) is 2.92. The van der Waals surface area contributed by atoms with Crippen LogP contribution in [-0.4, -0.2) is 23.0 Å². The van der Waals surface area contributed by atoms with Crippen LogP contribution in [0.2, 0.25) is 0 Å². The predicted molar refractivity (Wildman–Crippen MR) is 52.7 cm³/mol. The Morgan fingerprint density at radius 1 is 1.47 bits per heavy atom. The summed E-state index contributed by atoms with van der Waals surface area (Å²) in [7, 11) is 0. The van der Waals surface area contributed by atoms with Crippen LogP contribution < -0.4 is 11.5 Å². The van der Waals surface area contributed by atoms with Crippen molar-refractivity contribution in [2.45, 2.75) is 13.0 Å². The highest BCUT2D eigenvalue weighted by Gasteiger charge is 2.16. The number of nitrogen functional groups attached to an aromatic ring is 1. The van der Waals surface area contributed by atoms with Crippen molar-refractivity contribution in [3.05, 3.63) is 24.0 Å². The monoisotopic (exact) mass is 209 g/mol. The zero-order chi connectivity index (χ0) is 11.4. The van der Waals surface area contributed by atoms with Crippen LogP contribution >= 0.6 is 0 Å². The molecule has 6 heteroatoms. The van der Waals surface area contributed by atoms with Crippen LogP contribution in [0.5, 0.6) is 0 Å². The standard InChI is InChI=1S/C9H11N3O3/c1-5(8(11)13)15-9(14)7-3-2-6(10)4-12-7/h2-5H,10H2,1H3,(H2,11,13). The molecule has 1 aromatic heterocycles. The summed E-state index contributed by atoms with van der Waals surface area (Å²) in [5.41, 5.74) is 10.8. The first-order chi connectivity index (χ1) is 7.00. The highest BCUT2D eigenvalue weighted by molar-refractivity contribution is 5.90. The van der Waals surface area contributed by atoms with Crippen molar-refractivity contribution in [2.75, 3.05) is 5.73 Å². The van der Waals surface area contributed by atoms with Crippen molar-refractivity contribution in [3.63, 3.8) is 0 Å². The summed E-state index contributed by atoms with van der Waals surface area (Å²) in [5.74, 6) is -1.42. The average molecular weight is 209 g/mol. The summed E-state index contributed by atoms with van der Waals surface area (Å²) in [6.45, 7) is 1.39. The van der Waals surface area contributed by atoms with Crippen LogP contribution in [0.15, 0.2) is 18.3 Å². The van der Waals surface area contributed by atoms with E-state index in [1.54, 1.807) is 0 Å². The number of hydrogen-bond donors (Lipinski definition) is 2. The van der Waals surface area contributed by atoms with Gasteiger partial charge in [0.1, 0.15) is 5.69 Å². The quantitative estimate of drug-likeness (QED) is 0.664. The van der Waals surface area contributed by atoms with Gasteiger partial charge in [-0.05, 0) is 19.1 Å². The van der Waals surface area contributed by atoms with Gasteiger partial charge in [0, 0.05) is 0 Å². The number of carbonyl (C=O) groups is 2. The molecule has 0 saturated carbocycles. The molecule has 0 spiro atoms. The highest BCUT2D eigenvalue weighted by Crippen LogP contribution is 2.04. The van der Waals surface area contributed by atoms with Gasteiger partial charge in [-0.25, -0.2) is 9.78 Å². The molecule has 80 valence electrons. The Hall–Kier alpha value is -2.11. The number of hydrogen-bond acceptors (Lipinski definition) is 5. The lowest BCUT2D eigenvalue weighted by atomic mass is 10.3. The molecule has 1 heterocycles. The van der Waals surface area contributed by atoms with Crippen molar-refractivity contribution in [1.29, 1.82) is 0 Å². The fraction of sp³-hybridized carbons (Fsp3) is 0.222. The van der Waals surface area contributed by atoms with Gasteiger partial charge in [0.25, 0.3) is 5.91 Å². The summed E-state index contributed by atoms with van der Waals surface area (Å²) in [5, 5.41) is 0. The van der Waals surface area contributed by atoms with Crippen molar-refractivity contribution >= 4 is 17.6 Å². The molecule has 0 aromatic carbocycles. The third-order valence-electron chi connectivity index (χ3n) is 1.68. The third-order valence-corrected chi connectivity index (χ3v) is 1.68. The second-order valence-electron chi connectivity index (χ2n) is 2.93. The number of nitrogens with two attached hydrogens (primary N) is 2. The first kappa shape index (κ1) is 11.0. The van der Waals surface area contributed by atoms with Crippen molar-refractivity contribution in [2.24, 2.45) is 5.73 Å². The molecular weight excluding hydrogens is 198 g/mol. The molecule has 0 radical (unpaired) electrons. The largest absolute Gasteiger partial charge is 0.448 e. The zero-order valence-electron chi connectivity index (χ0n) is 8.14. The van der Waals surface area contributed by atoms with Crippen LogP contribution in [0.1, 0.15) is 17.4 Å². The van der Waals surface area contributed by atoms with Crippen molar-refractivity contribution in [3.8, 4) is 0 Å². The van der Waals surface area contributed by atoms with Crippen molar-refractivity contribution in [1.82, 2.24) is 4.98 Å². The molecule has 0 aliphatic heterocycles. The minimum atomic E-state index is -0.975.